The molecular weight excluding hydrogens is 338 g/mol. The molecule has 0 aliphatic rings. The summed E-state index contributed by atoms with van der Waals surface area (Å²) in [6.07, 6.45) is 0.177. The van der Waals surface area contributed by atoms with Gasteiger partial charge in [-0.1, -0.05) is 66.7 Å². The quantitative estimate of drug-likeness (QED) is 0.554. The number of aromatic nitrogens is 1. The maximum Gasteiger partial charge on any atom is 0.288 e. The van der Waals surface area contributed by atoms with Crippen LogP contribution in [0.4, 0.5) is 0 Å². The first kappa shape index (κ1) is 16.7. The van der Waals surface area contributed by atoms with Crippen molar-refractivity contribution in [3.05, 3.63) is 90.1 Å². The van der Waals surface area contributed by atoms with E-state index in [2.05, 4.69) is 15.8 Å². The molecule has 0 aliphatic heterocycles. The maximum atomic E-state index is 12.2. The molecule has 4 rings (SSSR count). The molecule has 0 saturated carbocycles. The summed E-state index contributed by atoms with van der Waals surface area (Å²) >= 11 is 0. The number of hydrogen-bond donors (Lipinski definition) is 2. The average Bonchev–Trinajstić information content (AvgIpc) is 2.71. The van der Waals surface area contributed by atoms with Crippen LogP contribution in [0.3, 0.4) is 0 Å². The zero-order valence-electron chi connectivity index (χ0n) is 14.5. The number of fused-ring (bicyclic) bond motifs is 2. The number of carbonyl (C=O) groups is 2. The number of pyridine rings is 1. The van der Waals surface area contributed by atoms with Crippen LogP contribution < -0.4 is 10.9 Å². The van der Waals surface area contributed by atoms with Crippen molar-refractivity contribution in [3.63, 3.8) is 0 Å². The van der Waals surface area contributed by atoms with Gasteiger partial charge < -0.3 is 0 Å². The number of hydrazine groups is 1. The van der Waals surface area contributed by atoms with Crippen LogP contribution in [-0.4, -0.2) is 16.8 Å². The standard InChI is InChI=1S/C22H17N3O2/c26-21(14-15-9-10-16-5-1-2-7-18(16)13-15)24-25-22(27)20-12-11-17-6-3-4-8-19(17)23-20/h1-13H,14H2,(H,24,26)(H,25,27). The minimum atomic E-state index is -0.451. The third-order valence-electron chi connectivity index (χ3n) is 4.33. The van der Waals surface area contributed by atoms with Crippen LogP contribution in [0.1, 0.15) is 16.1 Å². The van der Waals surface area contributed by atoms with Crippen LogP contribution in [0.5, 0.6) is 0 Å². The van der Waals surface area contributed by atoms with Crippen molar-refractivity contribution in [1.82, 2.24) is 15.8 Å². The van der Waals surface area contributed by atoms with Gasteiger partial charge in [-0.2, -0.15) is 0 Å². The summed E-state index contributed by atoms with van der Waals surface area (Å²) in [5.41, 5.74) is 6.72. The van der Waals surface area contributed by atoms with Gasteiger partial charge in [0, 0.05) is 5.39 Å². The summed E-state index contributed by atoms with van der Waals surface area (Å²) < 4.78 is 0. The first-order valence-electron chi connectivity index (χ1n) is 8.62. The molecule has 132 valence electrons. The SMILES string of the molecule is O=C(Cc1ccc2ccccc2c1)NNC(=O)c1ccc2ccccc2n1. The summed E-state index contributed by atoms with van der Waals surface area (Å²) in [5.74, 6) is -0.743. The lowest BCUT2D eigenvalue weighted by molar-refractivity contribution is -0.121. The lowest BCUT2D eigenvalue weighted by atomic mass is 10.1. The minimum Gasteiger partial charge on any atom is -0.273 e. The number of nitrogens with one attached hydrogen (secondary N) is 2. The monoisotopic (exact) mass is 355 g/mol. The molecule has 0 unspecified atom stereocenters. The van der Waals surface area contributed by atoms with Gasteiger partial charge >= 0.3 is 0 Å². The molecule has 0 bridgehead atoms. The van der Waals surface area contributed by atoms with Gasteiger partial charge in [-0.3, -0.25) is 20.4 Å². The highest BCUT2D eigenvalue weighted by Crippen LogP contribution is 2.16. The Bertz CT molecular complexity index is 1150. The number of para-hydroxylation sites is 1. The van der Waals surface area contributed by atoms with Crippen molar-refractivity contribution in [2.45, 2.75) is 6.42 Å². The highest BCUT2D eigenvalue weighted by atomic mass is 16.2. The van der Waals surface area contributed by atoms with E-state index < -0.39 is 5.91 Å². The van der Waals surface area contributed by atoms with E-state index in [9.17, 15) is 9.59 Å². The lowest BCUT2D eigenvalue weighted by Gasteiger charge is -2.08. The van der Waals surface area contributed by atoms with E-state index in [1.165, 1.54) is 0 Å². The Morgan fingerprint density at radius 2 is 1.44 bits per heavy atom. The molecule has 0 atom stereocenters. The van der Waals surface area contributed by atoms with Gasteiger partial charge in [0.2, 0.25) is 5.91 Å². The van der Waals surface area contributed by atoms with Crippen LogP contribution in [0, 0.1) is 0 Å². The van der Waals surface area contributed by atoms with Crippen LogP contribution in [-0.2, 0) is 11.2 Å². The Morgan fingerprint density at radius 1 is 0.741 bits per heavy atom. The molecule has 1 aromatic heterocycles. The fraction of sp³-hybridized carbons (Fsp3) is 0.0455. The second-order valence-electron chi connectivity index (χ2n) is 6.25. The number of nitrogens with zero attached hydrogens (tertiary/aromatic N) is 1. The third kappa shape index (κ3) is 3.77. The van der Waals surface area contributed by atoms with Gasteiger partial charge in [0.1, 0.15) is 5.69 Å². The first-order chi connectivity index (χ1) is 13.2. The molecule has 0 fully saturated rings. The van der Waals surface area contributed by atoms with Gasteiger partial charge in [0.15, 0.2) is 0 Å². The maximum absolute atomic E-state index is 12.2. The fourth-order valence-corrected chi connectivity index (χ4v) is 2.96. The molecule has 27 heavy (non-hydrogen) atoms. The van der Waals surface area contributed by atoms with Crippen LogP contribution in [0.2, 0.25) is 0 Å². The number of benzene rings is 3. The molecule has 3 aromatic carbocycles. The van der Waals surface area contributed by atoms with Crippen molar-refractivity contribution in [3.8, 4) is 0 Å². The van der Waals surface area contributed by atoms with Crippen molar-refractivity contribution < 1.29 is 9.59 Å². The van der Waals surface area contributed by atoms with E-state index in [1.807, 2.05) is 72.8 Å². The summed E-state index contributed by atoms with van der Waals surface area (Å²) in [7, 11) is 0. The number of hydrogen-bond acceptors (Lipinski definition) is 3. The highest BCUT2D eigenvalue weighted by molar-refractivity contribution is 5.96. The zero-order valence-corrected chi connectivity index (χ0v) is 14.5. The van der Waals surface area contributed by atoms with Gasteiger partial charge in [0.25, 0.3) is 5.91 Å². The van der Waals surface area contributed by atoms with E-state index in [1.54, 1.807) is 6.07 Å². The minimum absolute atomic E-state index is 0.177. The smallest absolute Gasteiger partial charge is 0.273 e. The Morgan fingerprint density at radius 3 is 2.30 bits per heavy atom. The molecule has 2 amide bonds. The summed E-state index contributed by atoms with van der Waals surface area (Å²) in [5, 5.41) is 3.15. The Hall–Kier alpha value is -3.73. The topological polar surface area (TPSA) is 71.1 Å². The summed E-state index contributed by atoms with van der Waals surface area (Å²) in [6, 6.07) is 24.8. The molecule has 5 nitrogen and oxygen atoms in total. The molecule has 5 heteroatoms. The molecule has 4 aromatic rings. The fourth-order valence-electron chi connectivity index (χ4n) is 2.96. The third-order valence-corrected chi connectivity index (χ3v) is 4.33. The molecule has 0 spiro atoms. The summed E-state index contributed by atoms with van der Waals surface area (Å²) in [4.78, 5) is 28.7. The predicted molar refractivity (Wildman–Crippen MR) is 105 cm³/mol. The highest BCUT2D eigenvalue weighted by Gasteiger charge is 2.10. The molecule has 0 radical (unpaired) electrons. The molecule has 2 N–H and O–H groups in total. The normalized spacial score (nSPS) is 10.7. The van der Waals surface area contributed by atoms with Gasteiger partial charge in [-0.15, -0.1) is 0 Å². The lowest BCUT2D eigenvalue weighted by Crippen LogP contribution is -2.42. The van der Waals surface area contributed by atoms with E-state index in [4.69, 9.17) is 0 Å². The largest absolute Gasteiger partial charge is 0.288 e. The summed E-state index contributed by atoms with van der Waals surface area (Å²) in [6.45, 7) is 0. The second kappa shape index (κ2) is 7.25. The van der Waals surface area contributed by atoms with Gasteiger partial charge in [-0.25, -0.2) is 4.98 Å². The van der Waals surface area contributed by atoms with E-state index >= 15 is 0 Å². The van der Waals surface area contributed by atoms with Crippen molar-refractivity contribution in [2.75, 3.05) is 0 Å². The van der Waals surface area contributed by atoms with Crippen molar-refractivity contribution >= 4 is 33.5 Å². The van der Waals surface area contributed by atoms with E-state index in [0.717, 1.165) is 27.2 Å². The van der Waals surface area contributed by atoms with Crippen molar-refractivity contribution in [1.29, 1.82) is 0 Å². The van der Waals surface area contributed by atoms with Crippen LogP contribution >= 0.6 is 0 Å². The second-order valence-corrected chi connectivity index (χ2v) is 6.25. The Labute approximate surface area is 156 Å². The molecule has 0 aliphatic carbocycles. The number of amides is 2. The van der Waals surface area contributed by atoms with Crippen molar-refractivity contribution in [2.24, 2.45) is 0 Å². The number of rotatable bonds is 3. The predicted octanol–water partition coefficient (Wildman–Crippen LogP) is 3.39. The molecule has 1 heterocycles. The van der Waals surface area contributed by atoms with Crippen LogP contribution in [0.15, 0.2) is 78.9 Å². The van der Waals surface area contributed by atoms with Gasteiger partial charge in [-0.05, 0) is 28.5 Å². The van der Waals surface area contributed by atoms with Gasteiger partial charge in [0.05, 0.1) is 11.9 Å². The number of carbonyl (C=O) groups excluding carboxylic acids is 2. The Kier molecular flexibility index (Phi) is 4.49. The van der Waals surface area contributed by atoms with Crippen LogP contribution in [0.25, 0.3) is 21.7 Å². The van der Waals surface area contributed by atoms with E-state index in [0.29, 0.717) is 0 Å². The van der Waals surface area contributed by atoms with E-state index in [-0.39, 0.29) is 18.0 Å². The Balaban J connectivity index is 1.39. The first-order valence-corrected chi connectivity index (χ1v) is 8.62. The zero-order chi connectivity index (χ0) is 18.6. The average molecular weight is 355 g/mol. The molecule has 0 saturated heterocycles. The molecular formula is C22H17N3O2.